The number of aromatic amines is 1. The molecule has 5 nitrogen and oxygen atoms in total. The first-order chi connectivity index (χ1) is 11.4. The molecule has 0 atom stereocenters. The standard InChI is InChI=1S/C19H21N3O2/c1-19(2,24)13-22(12-14-7-4-3-5-8-14)18(23)16-10-6-9-15-11-20-21-17(15)16/h3-11,24H,12-13H2,1-2H3,(H,20,21). The van der Waals surface area contributed by atoms with E-state index in [9.17, 15) is 9.90 Å². The van der Waals surface area contributed by atoms with Crippen LogP contribution in [-0.4, -0.2) is 38.3 Å². The largest absolute Gasteiger partial charge is 0.389 e. The maximum Gasteiger partial charge on any atom is 0.256 e. The Balaban J connectivity index is 1.95. The average molecular weight is 323 g/mol. The minimum atomic E-state index is -0.980. The minimum Gasteiger partial charge on any atom is -0.389 e. The molecule has 5 heteroatoms. The fourth-order valence-corrected chi connectivity index (χ4v) is 2.79. The Kier molecular flexibility index (Phi) is 4.36. The van der Waals surface area contributed by atoms with Gasteiger partial charge in [-0.1, -0.05) is 42.5 Å². The maximum absolute atomic E-state index is 13.1. The molecule has 0 aliphatic heterocycles. The maximum atomic E-state index is 13.1. The lowest BCUT2D eigenvalue weighted by molar-refractivity contribution is 0.0281. The monoisotopic (exact) mass is 323 g/mol. The van der Waals surface area contributed by atoms with Gasteiger partial charge in [-0.3, -0.25) is 9.89 Å². The van der Waals surface area contributed by atoms with Gasteiger partial charge in [-0.15, -0.1) is 0 Å². The van der Waals surface area contributed by atoms with E-state index in [1.165, 1.54) is 0 Å². The van der Waals surface area contributed by atoms with Crippen LogP contribution in [0, 0.1) is 0 Å². The quantitative estimate of drug-likeness (QED) is 0.758. The van der Waals surface area contributed by atoms with Crippen molar-refractivity contribution in [3.05, 3.63) is 65.9 Å². The molecule has 0 bridgehead atoms. The van der Waals surface area contributed by atoms with Gasteiger partial charge in [-0.2, -0.15) is 5.10 Å². The van der Waals surface area contributed by atoms with Crippen molar-refractivity contribution in [1.82, 2.24) is 15.1 Å². The lowest BCUT2D eigenvalue weighted by atomic mass is 10.1. The fraction of sp³-hybridized carbons (Fsp3) is 0.263. The molecule has 0 aliphatic carbocycles. The van der Waals surface area contributed by atoms with Crippen LogP contribution < -0.4 is 0 Å². The first-order valence-electron chi connectivity index (χ1n) is 7.92. The summed E-state index contributed by atoms with van der Waals surface area (Å²) < 4.78 is 0. The summed E-state index contributed by atoms with van der Waals surface area (Å²) in [6.07, 6.45) is 1.70. The molecule has 1 aromatic heterocycles. The van der Waals surface area contributed by atoms with Gasteiger partial charge in [0.1, 0.15) is 0 Å². The van der Waals surface area contributed by atoms with Crippen LogP contribution in [0.4, 0.5) is 0 Å². The molecule has 3 rings (SSSR count). The number of carbonyl (C=O) groups excluding carboxylic acids is 1. The molecule has 3 aromatic rings. The van der Waals surface area contributed by atoms with E-state index in [-0.39, 0.29) is 12.5 Å². The third-order valence-corrected chi connectivity index (χ3v) is 3.79. The van der Waals surface area contributed by atoms with Crippen LogP contribution in [0.1, 0.15) is 29.8 Å². The number of carbonyl (C=O) groups is 1. The Labute approximate surface area is 140 Å². The molecule has 0 aliphatic rings. The highest BCUT2D eigenvalue weighted by molar-refractivity contribution is 6.05. The molecule has 2 N–H and O–H groups in total. The Morgan fingerprint density at radius 2 is 1.92 bits per heavy atom. The number of hydrogen-bond donors (Lipinski definition) is 2. The van der Waals surface area contributed by atoms with Gasteiger partial charge in [0.2, 0.25) is 0 Å². The molecule has 1 heterocycles. The third-order valence-electron chi connectivity index (χ3n) is 3.79. The van der Waals surface area contributed by atoms with Crippen LogP contribution >= 0.6 is 0 Å². The van der Waals surface area contributed by atoms with Gasteiger partial charge in [-0.25, -0.2) is 0 Å². The van der Waals surface area contributed by atoms with E-state index < -0.39 is 5.60 Å². The van der Waals surface area contributed by atoms with E-state index in [4.69, 9.17) is 0 Å². The molecule has 0 spiro atoms. The highest BCUT2D eigenvalue weighted by Crippen LogP contribution is 2.20. The lowest BCUT2D eigenvalue weighted by Gasteiger charge is -2.29. The SMILES string of the molecule is CC(C)(O)CN(Cc1ccccc1)C(=O)c1cccc2cn[nH]c12. The number of H-pyrrole nitrogens is 1. The van der Waals surface area contributed by atoms with Crippen molar-refractivity contribution >= 4 is 16.8 Å². The number of nitrogens with zero attached hydrogens (tertiary/aromatic N) is 2. The van der Waals surface area contributed by atoms with Crippen LogP contribution in [0.5, 0.6) is 0 Å². The number of aromatic nitrogens is 2. The van der Waals surface area contributed by atoms with Gasteiger partial charge in [0.15, 0.2) is 0 Å². The predicted molar refractivity (Wildman–Crippen MR) is 93.6 cm³/mol. The number of benzene rings is 2. The van der Waals surface area contributed by atoms with E-state index in [1.807, 2.05) is 42.5 Å². The number of hydrogen-bond acceptors (Lipinski definition) is 3. The Morgan fingerprint density at radius 3 is 2.62 bits per heavy atom. The number of aliphatic hydroxyl groups is 1. The van der Waals surface area contributed by atoms with Crippen molar-refractivity contribution in [2.24, 2.45) is 0 Å². The van der Waals surface area contributed by atoms with Crippen molar-refractivity contribution in [1.29, 1.82) is 0 Å². The zero-order valence-corrected chi connectivity index (χ0v) is 13.9. The summed E-state index contributed by atoms with van der Waals surface area (Å²) in [5.41, 5.74) is 1.32. The summed E-state index contributed by atoms with van der Waals surface area (Å²) in [5.74, 6) is -0.129. The zero-order chi connectivity index (χ0) is 17.2. The lowest BCUT2D eigenvalue weighted by Crippen LogP contribution is -2.41. The molecule has 1 amide bonds. The van der Waals surface area contributed by atoms with E-state index in [0.29, 0.717) is 12.1 Å². The number of rotatable bonds is 5. The molecular weight excluding hydrogens is 302 g/mol. The van der Waals surface area contributed by atoms with Gasteiger partial charge < -0.3 is 10.0 Å². The highest BCUT2D eigenvalue weighted by atomic mass is 16.3. The van der Waals surface area contributed by atoms with E-state index in [0.717, 1.165) is 16.5 Å². The second-order valence-corrected chi connectivity index (χ2v) is 6.60. The molecule has 0 saturated carbocycles. The van der Waals surface area contributed by atoms with E-state index >= 15 is 0 Å². The van der Waals surface area contributed by atoms with Crippen molar-refractivity contribution in [3.8, 4) is 0 Å². The van der Waals surface area contributed by atoms with Crippen LogP contribution in [0.25, 0.3) is 10.9 Å². The third kappa shape index (κ3) is 3.63. The van der Waals surface area contributed by atoms with Gasteiger partial charge >= 0.3 is 0 Å². The predicted octanol–water partition coefficient (Wildman–Crippen LogP) is 2.98. The molecule has 24 heavy (non-hydrogen) atoms. The van der Waals surface area contributed by atoms with Crippen molar-refractivity contribution in [3.63, 3.8) is 0 Å². The van der Waals surface area contributed by atoms with Crippen LogP contribution in [0.15, 0.2) is 54.7 Å². The minimum absolute atomic E-state index is 0.129. The molecule has 2 aromatic carbocycles. The summed E-state index contributed by atoms with van der Waals surface area (Å²) in [6, 6.07) is 15.3. The van der Waals surface area contributed by atoms with E-state index in [2.05, 4.69) is 10.2 Å². The molecule has 124 valence electrons. The summed E-state index contributed by atoms with van der Waals surface area (Å²) >= 11 is 0. The molecule has 0 fully saturated rings. The smallest absolute Gasteiger partial charge is 0.256 e. The second-order valence-electron chi connectivity index (χ2n) is 6.60. The zero-order valence-electron chi connectivity index (χ0n) is 13.9. The second kappa shape index (κ2) is 6.45. The number of nitrogens with one attached hydrogen (secondary N) is 1. The fourth-order valence-electron chi connectivity index (χ4n) is 2.79. The van der Waals surface area contributed by atoms with E-state index in [1.54, 1.807) is 31.0 Å². The Hall–Kier alpha value is -2.66. The van der Waals surface area contributed by atoms with Gasteiger partial charge in [0, 0.05) is 18.5 Å². The number of para-hydroxylation sites is 1. The molecule has 0 saturated heterocycles. The Morgan fingerprint density at radius 1 is 1.17 bits per heavy atom. The van der Waals surface area contributed by atoms with Gasteiger partial charge in [0.05, 0.1) is 22.9 Å². The van der Waals surface area contributed by atoms with Crippen LogP contribution in [0.2, 0.25) is 0 Å². The summed E-state index contributed by atoms with van der Waals surface area (Å²) in [4.78, 5) is 14.8. The normalized spacial score (nSPS) is 11.6. The molecular formula is C19H21N3O2. The number of amides is 1. The van der Waals surface area contributed by atoms with Crippen molar-refractivity contribution in [2.75, 3.05) is 6.54 Å². The van der Waals surface area contributed by atoms with Gasteiger partial charge in [0.25, 0.3) is 5.91 Å². The van der Waals surface area contributed by atoms with Crippen molar-refractivity contribution < 1.29 is 9.90 Å². The molecule has 0 unspecified atom stereocenters. The van der Waals surface area contributed by atoms with Crippen molar-refractivity contribution in [2.45, 2.75) is 26.0 Å². The van der Waals surface area contributed by atoms with Gasteiger partial charge in [-0.05, 0) is 25.5 Å². The summed E-state index contributed by atoms with van der Waals surface area (Å²) in [5, 5.41) is 18.0. The van der Waals surface area contributed by atoms with Crippen LogP contribution in [0.3, 0.4) is 0 Å². The first kappa shape index (κ1) is 16.2. The van der Waals surface area contributed by atoms with Crippen LogP contribution in [-0.2, 0) is 6.54 Å². The topological polar surface area (TPSA) is 69.2 Å². The molecule has 0 radical (unpaired) electrons. The number of fused-ring (bicyclic) bond motifs is 1. The highest BCUT2D eigenvalue weighted by Gasteiger charge is 2.25. The summed E-state index contributed by atoms with van der Waals surface area (Å²) in [6.45, 7) is 4.09. The Bertz CT molecular complexity index is 834. The summed E-state index contributed by atoms with van der Waals surface area (Å²) in [7, 11) is 0. The first-order valence-corrected chi connectivity index (χ1v) is 7.92. The average Bonchev–Trinajstić information content (AvgIpc) is 3.02.